The molecule has 0 radical (unpaired) electrons. The lowest BCUT2D eigenvalue weighted by molar-refractivity contribution is -0.138. The average Bonchev–Trinajstić information content (AvgIpc) is 3.57. The Morgan fingerprint density at radius 1 is 1.03 bits per heavy atom. The van der Waals surface area contributed by atoms with Gasteiger partial charge in [-0.25, -0.2) is 9.78 Å². The van der Waals surface area contributed by atoms with Crippen LogP contribution in [0, 0.1) is 0 Å². The molecule has 38 heavy (non-hydrogen) atoms. The number of carbonyl (C=O) groups is 1. The van der Waals surface area contributed by atoms with Crippen molar-refractivity contribution in [3.8, 4) is 0 Å². The van der Waals surface area contributed by atoms with E-state index in [0.717, 1.165) is 36.6 Å². The molecular formula is C29H35F3N4O2. The number of rotatable bonds is 12. The molecule has 0 spiro atoms. The van der Waals surface area contributed by atoms with E-state index in [0.29, 0.717) is 5.57 Å². The van der Waals surface area contributed by atoms with Gasteiger partial charge in [0, 0.05) is 11.8 Å². The number of alkyl halides is 3. The standard InChI is InChI=1S/C25H31F3N2.C4H4N2O2/c1-2-3-4-5-6-7-8-11-16-29-23-20-14-10-9-13-19(20)18-21(23)24-22(25(26,27)28)15-12-17-30-24;7-4(8)3-1-5-2-6-3/h9-10,12-15,17-18,23,29H,2-8,11,16H2,1H3;1-2H,(H,5,6)(H,7,8). The second-order valence-electron chi connectivity index (χ2n) is 9.26. The number of benzene rings is 1. The van der Waals surface area contributed by atoms with Gasteiger partial charge in [-0.3, -0.25) is 4.98 Å². The number of imidazole rings is 1. The third kappa shape index (κ3) is 8.28. The molecule has 1 atom stereocenters. The molecule has 0 bridgehead atoms. The van der Waals surface area contributed by atoms with E-state index in [4.69, 9.17) is 5.11 Å². The van der Waals surface area contributed by atoms with Crippen molar-refractivity contribution in [3.05, 3.63) is 83.2 Å². The molecule has 1 aliphatic rings. The summed E-state index contributed by atoms with van der Waals surface area (Å²) in [6.07, 6.45) is 11.2. The van der Waals surface area contributed by atoms with Crippen molar-refractivity contribution >= 4 is 17.6 Å². The van der Waals surface area contributed by atoms with Crippen molar-refractivity contribution in [1.82, 2.24) is 20.3 Å². The first kappa shape index (κ1) is 29.1. The van der Waals surface area contributed by atoms with Gasteiger partial charge in [0.1, 0.15) is 5.69 Å². The van der Waals surface area contributed by atoms with Crippen molar-refractivity contribution in [3.63, 3.8) is 0 Å². The van der Waals surface area contributed by atoms with E-state index in [9.17, 15) is 18.0 Å². The fraction of sp³-hybridized carbons (Fsp3) is 0.414. The fourth-order valence-electron chi connectivity index (χ4n) is 4.49. The summed E-state index contributed by atoms with van der Waals surface area (Å²) in [4.78, 5) is 20.0. The van der Waals surface area contributed by atoms with Crippen LogP contribution in [0.3, 0.4) is 0 Å². The number of hydrogen-bond donors (Lipinski definition) is 3. The van der Waals surface area contributed by atoms with Crippen LogP contribution in [-0.4, -0.2) is 32.6 Å². The van der Waals surface area contributed by atoms with E-state index in [-0.39, 0.29) is 17.4 Å². The van der Waals surface area contributed by atoms with Crippen LogP contribution in [0.25, 0.3) is 11.6 Å². The van der Waals surface area contributed by atoms with Gasteiger partial charge in [0.25, 0.3) is 0 Å². The lowest BCUT2D eigenvalue weighted by atomic mass is 9.98. The number of aromatic carboxylic acids is 1. The van der Waals surface area contributed by atoms with E-state index in [1.165, 1.54) is 63.3 Å². The zero-order valence-corrected chi connectivity index (χ0v) is 21.6. The summed E-state index contributed by atoms with van der Waals surface area (Å²) in [6, 6.07) is 9.98. The third-order valence-electron chi connectivity index (χ3n) is 6.42. The quantitative estimate of drug-likeness (QED) is 0.211. The van der Waals surface area contributed by atoms with Crippen LogP contribution in [0.4, 0.5) is 13.2 Å². The van der Waals surface area contributed by atoms with Crippen LogP contribution in [0.2, 0.25) is 0 Å². The third-order valence-corrected chi connectivity index (χ3v) is 6.42. The summed E-state index contributed by atoms with van der Waals surface area (Å²) in [7, 11) is 0. The van der Waals surface area contributed by atoms with Crippen molar-refractivity contribution in [2.24, 2.45) is 0 Å². The van der Waals surface area contributed by atoms with E-state index in [2.05, 4.69) is 27.2 Å². The number of H-pyrrole nitrogens is 1. The van der Waals surface area contributed by atoms with Crippen molar-refractivity contribution in [2.45, 2.75) is 70.5 Å². The minimum absolute atomic E-state index is 0.0228. The first-order chi connectivity index (χ1) is 18.3. The van der Waals surface area contributed by atoms with Gasteiger partial charge in [-0.1, -0.05) is 76.1 Å². The number of fused-ring (bicyclic) bond motifs is 1. The van der Waals surface area contributed by atoms with Crippen LogP contribution in [0.5, 0.6) is 0 Å². The molecule has 0 saturated heterocycles. The molecule has 1 aliphatic carbocycles. The summed E-state index contributed by atoms with van der Waals surface area (Å²) >= 11 is 0. The normalized spacial score (nSPS) is 14.4. The van der Waals surface area contributed by atoms with E-state index < -0.39 is 17.7 Å². The summed E-state index contributed by atoms with van der Waals surface area (Å²) in [5.41, 5.74) is 2.04. The number of carboxylic acid groups (broad SMARTS) is 1. The van der Waals surface area contributed by atoms with Gasteiger partial charge in [-0.05, 0) is 42.3 Å². The van der Waals surface area contributed by atoms with E-state index >= 15 is 0 Å². The highest BCUT2D eigenvalue weighted by Crippen LogP contribution is 2.43. The number of hydrogen-bond acceptors (Lipinski definition) is 4. The highest BCUT2D eigenvalue weighted by molar-refractivity contribution is 5.91. The fourth-order valence-corrected chi connectivity index (χ4v) is 4.49. The lowest BCUT2D eigenvalue weighted by Crippen LogP contribution is -2.23. The van der Waals surface area contributed by atoms with Gasteiger partial charge in [-0.15, -0.1) is 0 Å². The molecule has 0 amide bonds. The molecular weight excluding hydrogens is 493 g/mol. The average molecular weight is 529 g/mol. The Labute approximate surface area is 221 Å². The lowest BCUT2D eigenvalue weighted by Gasteiger charge is -2.21. The van der Waals surface area contributed by atoms with E-state index in [1.54, 1.807) is 0 Å². The minimum atomic E-state index is -4.43. The van der Waals surface area contributed by atoms with Crippen molar-refractivity contribution < 1.29 is 23.1 Å². The predicted octanol–water partition coefficient (Wildman–Crippen LogP) is 7.53. The number of aromatic amines is 1. The highest BCUT2D eigenvalue weighted by Gasteiger charge is 2.37. The minimum Gasteiger partial charge on any atom is -0.477 e. The summed E-state index contributed by atoms with van der Waals surface area (Å²) in [5.74, 6) is -0.984. The first-order valence-electron chi connectivity index (χ1n) is 13.1. The molecule has 4 rings (SSSR count). The van der Waals surface area contributed by atoms with Gasteiger partial charge in [0.15, 0.2) is 0 Å². The Hall–Kier alpha value is -3.46. The van der Waals surface area contributed by atoms with Crippen LogP contribution < -0.4 is 5.32 Å². The van der Waals surface area contributed by atoms with Crippen molar-refractivity contribution in [1.29, 1.82) is 0 Å². The molecule has 3 aromatic rings. The molecule has 3 N–H and O–H groups in total. The Morgan fingerprint density at radius 3 is 2.37 bits per heavy atom. The monoisotopic (exact) mass is 528 g/mol. The molecule has 0 fully saturated rings. The van der Waals surface area contributed by atoms with Crippen molar-refractivity contribution in [2.75, 3.05) is 6.54 Å². The maximum atomic E-state index is 13.6. The molecule has 6 nitrogen and oxygen atoms in total. The Kier molecular flexibility index (Phi) is 11.1. The zero-order valence-electron chi connectivity index (χ0n) is 21.6. The largest absolute Gasteiger partial charge is 0.477 e. The van der Waals surface area contributed by atoms with Gasteiger partial charge in [0.2, 0.25) is 0 Å². The summed E-state index contributed by atoms with van der Waals surface area (Å²) in [5, 5.41) is 11.7. The highest BCUT2D eigenvalue weighted by atomic mass is 19.4. The molecule has 0 saturated carbocycles. The maximum absolute atomic E-state index is 13.6. The molecule has 0 aliphatic heterocycles. The number of nitrogens with one attached hydrogen (secondary N) is 2. The molecule has 1 aromatic carbocycles. The SMILES string of the molecule is CCCCCCCCCCNC1C(c2ncccc2C(F)(F)F)=Cc2ccccc21.O=C(O)c1cnc[nH]1. The zero-order chi connectivity index (χ0) is 27.4. The number of carboxylic acids is 1. The predicted molar refractivity (Wildman–Crippen MR) is 142 cm³/mol. The number of unbranched alkanes of at least 4 members (excludes halogenated alkanes) is 7. The Morgan fingerprint density at radius 2 is 1.74 bits per heavy atom. The van der Waals surface area contributed by atoms with Gasteiger partial charge in [0.05, 0.1) is 29.8 Å². The molecule has 2 heterocycles. The molecule has 9 heteroatoms. The van der Waals surface area contributed by atoms with Gasteiger partial charge in [-0.2, -0.15) is 13.2 Å². The number of halogens is 3. The Balaban J connectivity index is 0.000000427. The van der Waals surface area contributed by atoms with Crippen LogP contribution in [0.1, 0.15) is 97.2 Å². The summed E-state index contributed by atoms with van der Waals surface area (Å²) in [6.45, 7) is 3.00. The second kappa shape index (κ2) is 14.5. The summed E-state index contributed by atoms with van der Waals surface area (Å²) < 4.78 is 40.7. The van der Waals surface area contributed by atoms with Gasteiger partial charge < -0.3 is 15.4 Å². The molecule has 2 aromatic heterocycles. The number of pyridine rings is 1. The topological polar surface area (TPSA) is 90.9 Å². The molecule has 204 valence electrons. The smallest absolute Gasteiger partial charge is 0.418 e. The Bertz CT molecular complexity index is 1180. The second-order valence-corrected chi connectivity index (χ2v) is 9.26. The van der Waals surface area contributed by atoms with Crippen LogP contribution >= 0.6 is 0 Å². The molecule has 1 unspecified atom stereocenters. The van der Waals surface area contributed by atoms with Gasteiger partial charge >= 0.3 is 12.1 Å². The van der Waals surface area contributed by atoms with E-state index in [1.807, 2.05) is 30.3 Å². The first-order valence-corrected chi connectivity index (χ1v) is 13.1. The van der Waals surface area contributed by atoms with Crippen LogP contribution in [0.15, 0.2) is 55.1 Å². The number of nitrogens with zero attached hydrogens (tertiary/aromatic N) is 2. The maximum Gasteiger partial charge on any atom is 0.418 e. The number of aromatic nitrogens is 3. The van der Waals surface area contributed by atoms with Crippen LogP contribution in [-0.2, 0) is 6.18 Å².